The Balaban J connectivity index is 0.000000281. The van der Waals surface area contributed by atoms with E-state index in [1.807, 2.05) is 151 Å². The Labute approximate surface area is 553 Å². The van der Waals surface area contributed by atoms with E-state index in [0.717, 1.165) is 43.4 Å². The van der Waals surface area contributed by atoms with Crippen molar-refractivity contribution in [3.05, 3.63) is 139 Å². The van der Waals surface area contributed by atoms with Crippen LogP contribution in [-0.4, -0.2) is 193 Å². The summed E-state index contributed by atoms with van der Waals surface area (Å²) in [6, 6.07) is 34.2. The average molecular weight is 1460 g/mol. The van der Waals surface area contributed by atoms with E-state index >= 15 is 0 Å². The van der Waals surface area contributed by atoms with Crippen LogP contribution in [0.25, 0.3) is 20.9 Å². The van der Waals surface area contributed by atoms with Crippen molar-refractivity contribution in [2.45, 2.75) is 49.3 Å². The predicted octanol–water partition coefficient (Wildman–Crippen LogP) is 10.4. The lowest BCUT2D eigenvalue weighted by Crippen LogP contribution is -2.42. The van der Waals surface area contributed by atoms with Gasteiger partial charge in [0.25, 0.3) is 0 Å². The van der Waals surface area contributed by atoms with Crippen LogP contribution < -0.4 is 20.1 Å². The molecule has 484 valence electrons. The van der Waals surface area contributed by atoms with Gasteiger partial charge in [-0.25, -0.2) is 44.6 Å². The standard InChI is InChI=1S/2C31H39BrN3O7S2.ClH/c2*1-35(2,3)17-18-41-26(36)20-42-28-27(32)29(43-30(28)31(37)40-4)23-11-8-12-25(19-23)33-24-13-15-34(16-14-24)44(38,39)21-22-9-6-5-7-10-22;/h2*5-12,19,24,33H,13-18,20-21H2,1-4H3;1H/q2*+1;. The van der Waals surface area contributed by atoms with Gasteiger partial charge in [0.15, 0.2) is 34.5 Å². The molecule has 0 amide bonds. The Morgan fingerprint density at radius 1 is 0.539 bits per heavy atom. The van der Waals surface area contributed by atoms with Gasteiger partial charge in [-0.15, -0.1) is 35.1 Å². The third-order valence-corrected chi connectivity index (χ3v) is 22.3. The quantitative estimate of drug-likeness (QED) is 0.0293. The van der Waals surface area contributed by atoms with E-state index in [0.29, 0.717) is 82.9 Å². The molecule has 4 aromatic carbocycles. The molecule has 0 saturated carbocycles. The number of hydrogen-bond acceptors (Lipinski definition) is 18. The molecule has 2 aliphatic rings. The van der Waals surface area contributed by atoms with E-state index in [4.69, 9.17) is 28.4 Å². The summed E-state index contributed by atoms with van der Waals surface area (Å²) in [5, 5.41) is 7.08. The Bertz CT molecular complexity index is 3340. The number of carbonyl (C=O) groups excluding carboxylic acids is 4. The van der Waals surface area contributed by atoms with Gasteiger partial charge in [-0.1, -0.05) is 84.9 Å². The molecule has 0 unspecified atom stereocenters. The fraction of sp³-hybridized carbons (Fsp3) is 0.419. The molecule has 2 fully saturated rings. The van der Waals surface area contributed by atoms with E-state index in [1.165, 1.54) is 36.9 Å². The first-order valence-electron chi connectivity index (χ1n) is 28.5. The minimum Gasteiger partial charge on any atom is -0.479 e. The summed E-state index contributed by atoms with van der Waals surface area (Å²) < 4.78 is 89.4. The number of nitrogens with one attached hydrogen (secondary N) is 2. The largest absolute Gasteiger partial charge is 0.479 e. The number of likely N-dealkylation sites (N-methyl/N-ethyl adjacent to an activating group) is 2. The zero-order valence-electron chi connectivity index (χ0n) is 51.2. The van der Waals surface area contributed by atoms with Crippen molar-refractivity contribution in [3.63, 3.8) is 0 Å². The highest BCUT2D eigenvalue weighted by atomic mass is 79.9. The van der Waals surface area contributed by atoms with E-state index in [-0.39, 0.29) is 83.7 Å². The first kappa shape index (κ1) is 72.4. The van der Waals surface area contributed by atoms with Gasteiger partial charge in [-0.3, -0.25) is 0 Å². The van der Waals surface area contributed by atoms with Crippen molar-refractivity contribution in [1.29, 1.82) is 0 Å². The third-order valence-electron chi connectivity index (χ3n) is 14.1. The van der Waals surface area contributed by atoms with Gasteiger partial charge in [-0.2, -0.15) is 0 Å². The molecule has 2 aliphatic heterocycles. The summed E-state index contributed by atoms with van der Waals surface area (Å²) in [5.74, 6) is -1.75. The lowest BCUT2D eigenvalue weighted by Gasteiger charge is -2.32. The summed E-state index contributed by atoms with van der Waals surface area (Å²) in [5.41, 5.74) is 4.97. The summed E-state index contributed by atoms with van der Waals surface area (Å²) in [7, 11) is 7.84. The number of thiophene rings is 2. The molecule has 27 heteroatoms. The van der Waals surface area contributed by atoms with Gasteiger partial charge >= 0.3 is 23.9 Å². The van der Waals surface area contributed by atoms with Gasteiger partial charge in [0.2, 0.25) is 20.0 Å². The van der Waals surface area contributed by atoms with Gasteiger partial charge in [0.1, 0.15) is 26.3 Å². The minimum atomic E-state index is -3.39. The van der Waals surface area contributed by atoms with E-state index in [9.17, 15) is 36.0 Å². The number of methoxy groups -OCH3 is 2. The number of anilines is 2. The maximum Gasteiger partial charge on any atom is 0.351 e. The third kappa shape index (κ3) is 21.7. The summed E-state index contributed by atoms with van der Waals surface area (Å²) >= 11 is 9.56. The molecule has 0 atom stereocenters. The maximum absolute atomic E-state index is 13.0. The number of halogens is 3. The SMILES string of the molecule is COC(=O)c1sc(-c2cccc(NC3CCN(S(=O)(=O)Cc4ccccc4)CC3)c2)c(Br)c1OCC(=O)OCC[N+](C)(C)C.COC(=O)c1sc(-c2cccc(NC3CCN(S(=O)(=O)Cc4ccccc4)CC3)c2)c(Br)c1OCC(=O)OCC[N+](C)(C)C.Cl. The Morgan fingerprint density at radius 2 is 0.888 bits per heavy atom. The second-order valence-electron chi connectivity index (χ2n) is 23.1. The molecular formula is C62H79Br2ClN6O14S4+2. The fourth-order valence-electron chi connectivity index (χ4n) is 9.37. The number of ether oxygens (including phenoxy) is 6. The number of piperidine rings is 2. The van der Waals surface area contributed by atoms with Crippen molar-refractivity contribution in [1.82, 2.24) is 8.61 Å². The summed E-state index contributed by atoms with van der Waals surface area (Å²) in [6.07, 6.45) is 2.71. The van der Waals surface area contributed by atoms with Crippen LogP contribution in [0.5, 0.6) is 11.5 Å². The molecule has 4 heterocycles. The van der Waals surface area contributed by atoms with Crippen LogP contribution in [0.4, 0.5) is 11.4 Å². The molecule has 8 rings (SSSR count). The van der Waals surface area contributed by atoms with Gasteiger partial charge in [-0.05, 0) is 104 Å². The van der Waals surface area contributed by atoms with E-state index in [1.54, 1.807) is 8.61 Å². The molecule has 2 saturated heterocycles. The Hall–Kier alpha value is -5.65. The topological polar surface area (TPSA) is 222 Å². The maximum atomic E-state index is 13.0. The zero-order valence-corrected chi connectivity index (χ0v) is 58.4. The van der Waals surface area contributed by atoms with Crippen LogP contribution in [0, 0.1) is 0 Å². The monoisotopic (exact) mass is 1450 g/mol. The van der Waals surface area contributed by atoms with E-state index < -0.39 is 43.9 Å². The van der Waals surface area contributed by atoms with Crippen molar-refractivity contribution in [3.8, 4) is 32.4 Å². The first-order chi connectivity index (χ1) is 41.7. The molecule has 2 N–H and O–H groups in total. The lowest BCUT2D eigenvalue weighted by molar-refractivity contribution is -0.870. The molecule has 0 aliphatic carbocycles. The van der Waals surface area contributed by atoms with E-state index in [2.05, 4.69) is 42.5 Å². The van der Waals surface area contributed by atoms with Crippen LogP contribution in [-0.2, 0) is 60.1 Å². The van der Waals surface area contributed by atoms with Crippen LogP contribution in [0.15, 0.2) is 118 Å². The fourth-order valence-corrected chi connectivity index (χ4v) is 16.4. The minimum absolute atomic E-state index is 0. The van der Waals surface area contributed by atoms with Crippen LogP contribution >= 0.6 is 66.9 Å². The molecule has 0 spiro atoms. The average Bonchev–Trinajstić information content (AvgIpc) is 1.90. The second kappa shape index (κ2) is 33.1. The molecule has 2 aromatic heterocycles. The molecular weight excluding hydrogens is 1380 g/mol. The van der Waals surface area contributed by atoms with Gasteiger partial charge < -0.3 is 48.0 Å². The second-order valence-corrected chi connectivity index (χ2v) is 30.7. The van der Waals surface area contributed by atoms with Gasteiger partial charge in [0.05, 0.1) is 86.7 Å². The Kier molecular flexibility index (Phi) is 26.9. The lowest BCUT2D eigenvalue weighted by atomic mass is 10.1. The summed E-state index contributed by atoms with van der Waals surface area (Å²) in [4.78, 5) is 51.8. The highest BCUT2D eigenvalue weighted by Crippen LogP contribution is 2.48. The summed E-state index contributed by atoms with van der Waals surface area (Å²) in [6.45, 7) is 2.92. The van der Waals surface area contributed by atoms with Crippen molar-refractivity contribution < 1.29 is 73.4 Å². The predicted molar refractivity (Wildman–Crippen MR) is 358 cm³/mol. The van der Waals surface area contributed by atoms with Crippen molar-refractivity contribution >= 4 is 122 Å². The van der Waals surface area contributed by atoms with Crippen molar-refractivity contribution in [2.75, 3.05) is 133 Å². The number of rotatable bonds is 26. The molecule has 6 aromatic rings. The number of hydrogen-bond donors (Lipinski definition) is 2. The Morgan fingerprint density at radius 3 is 1.21 bits per heavy atom. The number of carbonyl (C=O) groups is 4. The first-order valence-corrected chi connectivity index (χ1v) is 34.9. The van der Waals surface area contributed by atoms with Gasteiger partial charge in [0, 0.05) is 49.6 Å². The number of sulfonamides is 2. The number of esters is 4. The highest BCUT2D eigenvalue weighted by molar-refractivity contribution is 9.11. The molecule has 0 bridgehead atoms. The normalized spacial score (nSPS) is 14.5. The number of benzene rings is 4. The molecule has 89 heavy (non-hydrogen) atoms. The van der Waals surface area contributed by atoms with Crippen LogP contribution in [0.3, 0.4) is 0 Å². The highest BCUT2D eigenvalue weighted by Gasteiger charge is 2.32. The molecule has 0 radical (unpaired) electrons. The smallest absolute Gasteiger partial charge is 0.351 e. The number of nitrogens with zero attached hydrogens (tertiary/aromatic N) is 4. The zero-order chi connectivity index (χ0) is 63.8. The van der Waals surface area contributed by atoms with Crippen molar-refractivity contribution in [2.24, 2.45) is 0 Å². The molecule has 20 nitrogen and oxygen atoms in total. The van der Waals surface area contributed by atoms with Crippen LogP contribution in [0.1, 0.15) is 56.2 Å². The van der Waals surface area contributed by atoms with Crippen LogP contribution in [0.2, 0.25) is 0 Å². The number of quaternary nitrogens is 2.